The second-order valence-electron chi connectivity index (χ2n) is 8.99. The third kappa shape index (κ3) is 5.68. The molecule has 0 spiro atoms. The summed E-state index contributed by atoms with van der Waals surface area (Å²) in [5.41, 5.74) is -0.0176. The number of fused-ring (bicyclic) bond motifs is 1. The fourth-order valence-electron chi connectivity index (χ4n) is 4.44. The van der Waals surface area contributed by atoms with Gasteiger partial charge in [0.1, 0.15) is 28.2 Å². The Bertz CT molecular complexity index is 1440. The van der Waals surface area contributed by atoms with E-state index in [4.69, 9.17) is 37.6 Å². The molecule has 1 fully saturated rings. The van der Waals surface area contributed by atoms with E-state index in [1.165, 1.54) is 40.4 Å². The molecule has 1 aromatic heterocycles. The molecule has 5 atom stereocenters. The SMILES string of the molecule is COc1ccc(-c2oc3cc(OC)cc(OC)c3c(=O)c2O[C@@H]2O[C@@H](C)[C@H](OC(C)=O)[C@@H](OC(C)=O)[C@H]2O)cc1. The van der Waals surface area contributed by atoms with Crippen LogP contribution in [0, 0.1) is 0 Å². The summed E-state index contributed by atoms with van der Waals surface area (Å²) in [6.45, 7) is 3.87. The van der Waals surface area contributed by atoms with Gasteiger partial charge in [-0.2, -0.15) is 0 Å². The lowest BCUT2D eigenvalue weighted by molar-refractivity contribution is -0.276. The van der Waals surface area contributed by atoms with Crippen molar-refractivity contribution < 1.29 is 52.3 Å². The van der Waals surface area contributed by atoms with Crippen molar-refractivity contribution in [2.45, 2.75) is 51.5 Å². The lowest BCUT2D eigenvalue weighted by Crippen LogP contribution is -2.61. The largest absolute Gasteiger partial charge is 0.497 e. The highest BCUT2D eigenvalue weighted by atomic mass is 16.7. The van der Waals surface area contributed by atoms with Crippen LogP contribution in [0.25, 0.3) is 22.3 Å². The van der Waals surface area contributed by atoms with Gasteiger partial charge in [0, 0.05) is 31.5 Å². The van der Waals surface area contributed by atoms with Gasteiger partial charge in [-0.1, -0.05) is 0 Å². The maximum Gasteiger partial charge on any atom is 0.303 e. The molecule has 0 aliphatic carbocycles. The van der Waals surface area contributed by atoms with Crippen LogP contribution in [0.2, 0.25) is 0 Å². The molecular formula is C28H30O12. The predicted molar refractivity (Wildman–Crippen MR) is 140 cm³/mol. The molecular weight excluding hydrogens is 528 g/mol. The monoisotopic (exact) mass is 558 g/mol. The summed E-state index contributed by atoms with van der Waals surface area (Å²) in [6, 6.07) is 9.71. The topological polar surface area (TPSA) is 149 Å². The Labute approximate surface area is 229 Å². The molecule has 1 N–H and O–H groups in total. The van der Waals surface area contributed by atoms with E-state index in [1.807, 2.05) is 0 Å². The predicted octanol–water partition coefficient (Wildman–Crippen LogP) is 2.83. The van der Waals surface area contributed by atoms with Gasteiger partial charge < -0.3 is 42.7 Å². The lowest BCUT2D eigenvalue weighted by atomic mass is 9.99. The molecule has 40 heavy (non-hydrogen) atoms. The van der Waals surface area contributed by atoms with Crippen LogP contribution in [-0.2, 0) is 23.8 Å². The van der Waals surface area contributed by atoms with E-state index in [9.17, 15) is 19.5 Å². The molecule has 2 aromatic carbocycles. The third-order valence-corrected chi connectivity index (χ3v) is 6.29. The quantitative estimate of drug-likeness (QED) is 0.405. The van der Waals surface area contributed by atoms with Crippen molar-refractivity contribution in [3.63, 3.8) is 0 Å². The number of ether oxygens (including phenoxy) is 7. The number of methoxy groups -OCH3 is 3. The first kappa shape index (κ1) is 28.7. The van der Waals surface area contributed by atoms with Crippen LogP contribution in [0.4, 0.5) is 0 Å². The number of rotatable bonds is 8. The van der Waals surface area contributed by atoms with E-state index in [2.05, 4.69) is 0 Å². The summed E-state index contributed by atoms with van der Waals surface area (Å²) in [5.74, 6) is -0.545. The minimum absolute atomic E-state index is 0.0186. The van der Waals surface area contributed by atoms with Gasteiger partial charge >= 0.3 is 11.9 Å². The van der Waals surface area contributed by atoms with Gasteiger partial charge in [0.05, 0.1) is 27.4 Å². The molecule has 0 amide bonds. The van der Waals surface area contributed by atoms with E-state index in [0.717, 1.165) is 6.92 Å². The molecule has 12 heteroatoms. The maximum absolute atomic E-state index is 13.9. The smallest absolute Gasteiger partial charge is 0.303 e. The molecule has 0 bridgehead atoms. The van der Waals surface area contributed by atoms with Gasteiger partial charge in [-0.3, -0.25) is 14.4 Å². The summed E-state index contributed by atoms with van der Waals surface area (Å²) in [7, 11) is 4.37. The van der Waals surface area contributed by atoms with Crippen LogP contribution in [0.3, 0.4) is 0 Å². The Morgan fingerprint density at radius 2 is 1.50 bits per heavy atom. The minimum atomic E-state index is -1.65. The summed E-state index contributed by atoms with van der Waals surface area (Å²) in [5, 5.41) is 11.2. The molecule has 214 valence electrons. The Hall–Kier alpha value is -4.29. The lowest BCUT2D eigenvalue weighted by Gasteiger charge is -2.41. The summed E-state index contributed by atoms with van der Waals surface area (Å²) in [6.07, 6.45) is -6.53. The molecule has 0 unspecified atom stereocenters. The van der Waals surface area contributed by atoms with E-state index < -0.39 is 48.1 Å². The molecule has 12 nitrogen and oxygen atoms in total. The fourth-order valence-corrected chi connectivity index (χ4v) is 4.44. The van der Waals surface area contributed by atoms with Crippen LogP contribution < -0.4 is 24.4 Å². The standard InChI is InChI=1S/C28H30O12/c1-13-24(37-14(2)29)27(38-15(3)30)23(32)28(36-13)40-26-22(31)21-19(35-6)11-18(34-5)12-20(21)39-25(26)16-7-9-17(33-4)10-8-16/h7-13,23-24,27-28,32H,1-6H3/t13-,23+,24-,27-,28-/m0/s1. The van der Waals surface area contributed by atoms with Gasteiger partial charge in [-0.05, 0) is 31.2 Å². The van der Waals surface area contributed by atoms with E-state index >= 15 is 0 Å². The molecule has 0 radical (unpaired) electrons. The van der Waals surface area contributed by atoms with Gasteiger partial charge in [0.15, 0.2) is 24.1 Å². The molecule has 3 aromatic rings. The van der Waals surface area contributed by atoms with Crippen LogP contribution in [0.15, 0.2) is 45.6 Å². The van der Waals surface area contributed by atoms with Gasteiger partial charge in [-0.25, -0.2) is 0 Å². The number of benzene rings is 2. The third-order valence-electron chi connectivity index (χ3n) is 6.29. The maximum atomic E-state index is 13.9. The van der Waals surface area contributed by atoms with E-state index in [0.29, 0.717) is 17.1 Å². The second kappa shape index (κ2) is 11.8. The van der Waals surface area contributed by atoms with Crippen molar-refractivity contribution in [3.8, 4) is 34.3 Å². The minimum Gasteiger partial charge on any atom is -0.497 e. The van der Waals surface area contributed by atoms with E-state index in [-0.39, 0.29) is 28.2 Å². The zero-order valence-electron chi connectivity index (χ0n) is 22.8. The van der Waals surface area contributed by atoms with Crippen LogP contribution in [0.5, 0.6) is 23.0 Å². The number of aliphatic hydroxyl groups excluding tert-OH is 1. The average molecular weight is 559 g/mol. The number of hydrogen-bond donors (Lipinski definition) is 1. The molecule has 4 rings (SSSR count). The van der Waals surface area contributed by atoms with Crippen molar-refractivity contribution in [1.82, 2.24) is 0 Å². The Kier molecular flexibility index (Phi) is 8.50. The van der Waals surface area contributed by atoms with Crippen molar-refractivity contribution in [1.29, 1.82) is 0 Å². The molecule has 1 saturated heterocycles. The zero-order valence-corrected chi connectivity index (χ0v) is 22.8. The van der Waals surface area contributed by atoms with Gasteiger partial charge in [0.25, 0.3) is 0 Å². The van der Waals surface area contributed by atoms with Crippen molar-refractivity contribution in [3.05, 3.63) is 46.6 Å². The second-order valence-corrected chi connectivity index (χ2v) is 8.99. The first-order valence-corrected chi connectivity index (χ1v) is 12.3. The molecule has 1 aliphatic heterocycles. The number of carbonyl (C=O) groups excluding carboxylic acids is 2. The van der Waals surface area contributed by atoms with Gasteiger partial charge in [-0.15, -0.1) is 0 Å². The molecule has 0 saturated carbocycles. The summed E-state index contributed by atoms with van der Waals surface area (Å²) < 4.78 is 44.5. The highest BCUT2D eigenvalue weighted by Crippen LogP contribution is 2.38. The van der Waals surface area contributed by atoms with Gasteiger partial charge in [0.2, 0.25) is 17.5 Å². The van der Waals surface area contributed by atoms with Crippen LogP contribution in [-0.4, -0.2) is 69.1 Å². The van der Waals surface area contributed by atoms with Crippen molar-refractivity contribution in [2.24, 2.45) is 0 Å². The van der Waals surface area contributed by atoms with Crippen LogP contribution in [0.1, 0.15) is 20.8 Å². The molecule has 2 heterocycles. The first-order chi connectivity index (χ1) is 19.1. The first-order valence-electron chi connectivity index (χ1n) is 12.3. The Morgan fingerprint density at radius 1 is 0.875 bits per heavy atom. The van der Waals surface area contributed by atoms with E-state index in [1.54, 1.807) is 31.2 Å². The van der Waals surface area contributed by atoms with Crippen molar-refractivity contribution >= 4 is 22.9 Å². The van der Waals surface area contributed by atoms with Crippen LogP contribution >= 0.6 is 0 Å². The number of hydrogen-bond acceptors (Lipinski definition) is 12. The molecule has 1 aliphatic rings. The Morgan fingerprint density at radius 3 is 2.08 bits per heavy atom. The number of carbonyl (C=O) groups is 2. The zero-order chi connectivity index (χ0) is 29.1. The highest BCUT2D eigenvalue weighted by molar-refractivity contribution is 5.88. The number of aliphatic hydroxyl groups is 1. The summed E-state index contributed by atoms with van der Waals surface area (Å²) in [4.78, 5) is 37.4. The fraction of sp³-hybridized carbons (Fsp3) is 0.393. The summed E-state index contributed by atoms with van der Waals surface area (Å²) >= 11 is 0. The average Bonchev–Trinajstić information content (AvgIpc) is 2.93. The van der Waals surface area contributed by atoms with Crippen molar-refractivity contribution in [2.75, 3.05) is 21.3 Å². The normalized spacial score (nSPS) is 22.3. The highest BCUT2D eigenvalue weighted by Gasteiger charge is 2.49. The number of esters is 2. The Balaban J connectivity index is 1.86.